The van der Waals surface area contributed by atoms with Crippen LogP contribution >= 0.6 is 0 Å². The lowest BCUT2D eigenvalue weighted by Gasteiger charge is -2.12. The molecule has 1 aromatic carbocycles. The van der Waals surface area contributed by atoms with Crippen molar-refractivity contribution >= 4 is 11.6 Å². The van der Waals surface area contributed by atoms with Crippen molar-refractivity contribution in [2.45, 2.75) is 26.4 Å². The van der Waals surface area contributed by atoms with Crippen molar-refractivity contribution in [2.24, 2.45) is 10.7 Å². The molecule has 5 heteroatoms. The van der Waals surface area contributed by atoms with E-state index in [1.165, 1.54) is 0 Å². The third kappa shape index (κ3) is 3.78. The number of benzene rings is 1. The number of ether oxygens (including phenoxy) is 1. The summed E-state index contributed by atoms with van der Waals surface area (Å²) in [5, 5.41) is 8.51. The van der Waals surface area contributed by atoms with Gasteiger partial charge in [0.2, 0.25) is 5.96 Å². The molecule has 0 radical (unpaired) electrons. The van der Waals surface area contributed by atoms with E-state index in [-0.39, 0.29) is 12.1 Å². The van der Waals surface area contributed by atoms with Crippen LogP contribution in [0.5, 0.6) is 5.75 Å². The molecule has 0 aliphatic heterocycles. The highest BCUT2D eigenvalue weighted by atomic mass is 16.5. The van der Waals surface area contributed by atoms with Crippen LogP contribution < -0.4 is 16.0 Å². The summed E-state index contributed by atoms with van der Waals surface area (Å²) in [4.78, 5) is 3.92. The summed E-state index contributed by atoms with van der Waals surface area (Å²) < 4.78 is 5.63. The Bertz CT molecular complexity index is 366. The highest BCUT2D eigenvalue weighted by Crippen LogP contribution is 2.21. The van der Waals surface area contributed by atoms with Gasteiger partial charge in [-0.25, -0.2) is 10.5 Å². The first-order valence-corrected chi connectivity index (χ1v) is 5.16. The van der Waals surface area contributed by atoms with E-state index >= 15 is 0 Å². The highest BCUT2D eigenvalue weighted by molar-refractivity contribution is 5.79. The minimum Gasteiger partial charge on any atom is -0.491 e. The summed E-state index contributed by atoms with van der Waals surface area (Å²) in [5.41, 5.74) is 7.73. The minimum absolute atomic E-state index is 0.0549. The van der Waals surface area contributed by atoms with Crippen molar-refractivity contribution in [1.82, 2.24) is 5.48 Å². The SMILES string of the molecule is CCC(C)Oc1cccc(N=C(N)NO)c1. The van der Waals surface area contributed by atoms with Crippen LogP contribution in [0.15, 0.2) is 29.3 Å². The molecule has 0 aromatic heterocycles. The van der Waals surface area contributed by atoms with Crippen LogP contribution in [-0.2, 0) is 0 Å². The van der Waals surface area contributed by atoms with Crippen LogP contribution in [0, 0.1) is 0 Å². The van der Waals surface area contributed by atoms with Gasteiger partial charge in [0.1, 0.15) is 5.75 Å². The van der Waals surface area contributed by atoms with Crippen molar-refractivity contribution < 1.29 is 9.94 Å². The van der Waals surface area contributed by atoms with Gasteiger partial charge in [0.15, 0.2) is 0 Å². The molecule has 0 heterocycles. The second kappa shape index (κ2) is 5.97. The molecule has 1 unspecified atom stereocenters. The smallest absolute Gasteiger partial charge is 0.218 e. The molecule has 1 aromatic rings. The van der Waals surface area contributed by atoms with E-state index in [1.54, 1.807) is 17.6 Å². The standard InChI is InChI=1S/C11H17N3O2/c1-3-8(2)16-10-6-4-5-9(7-10)13-11(12)14-15/h4-8,15H,3H2,1-2H3,(H3,12,13,14). The van der Waals surface area contributed by atoms with Crippen LogP contribution in [0.2, 0.25) is 0 Å². The molecule has 1 atom stereocenters. The van der Waals surface area contributed by atoms with E-state index in [9.17, 15) is 0 Å². The molecule has 0 aliphatic rings. The Labute approximate surface area is 94.9 Å². The van der Waals surface area contributed by atoms with Gasteiger partial charge in [-0.15, -0.1) is 0 Å². The Hall–Kier alpha value is -1.75. The van der Waals surface area contributed by atoms with Gasteiger partial charge in [0.25, 0.3) is 0 Å². The number of nitrogens with one attached hydrogen (secondary N) is 1. The maximum absolute atomic E-state index is 8.51. The lowest BCUT2D eigenvalue weighted by Crippen LogP contribution is -2.27. The number of nitrogens with two attached hydrogens (primary N) is 1. The van der Waals surface area contributed by atoms with Gasteiger partial charge in [0, 0.05) is 6.07 Å². The minimum atomic E-state index is -0.0549. The Morgan fingerprint density at radius 3 is 3.00 bits per heavy atom. The van der Waals surface area contributed by atoms with Crippen LogP contribution in [0.4, 0.5) is 5.69 Å². The van der Waals surface area contributed by atoms with Crippen molar-refractivity contribution in [3.8, 4) is 5.75 Å². The number of aliphatic imine (C=N–C) groups is 1. The third-order valence-electron chi connectivity index (χ3n) is 2.09. The molecule has 1 rings (SSSR count). The first kappa shape index (κ1) is 12.3. The average molecular weight is 223 g/mol. The molecular formula is C11H17N3O2. The summed E-state index contributed by atoms with van der Waals surface area (Å²) in [6.45, 7) is 4.06. The van der Waals surface area contributed by atoms with Gasteiger partial charge >= 0.3 is 0 Å². The zero-order valence-corrected chi connectivity index (χ0v) is 9.47. The van der Waals surface area contributed by atoms with Crippen LogP contribution in [0.25, 0.3) is 0 Å². The molecule has 0 fully saturated rings. The van der Waals surface area contributed by atoms with Crippen molar-refractivity contribution in [3.63, 3.8) is 0 Å². The zero-order chi connectivity index (χ0) is 12.0. The number of nitrogens with zero attached hydrogens (tertiary/aromatic N) is 1. The quantitative estimate of drug-likeness (QED) is 0.413. The predicted molar refractivity (Wildman–Crippen MR) is 63.0 cm³/mol. The molecule has 0 saturated carbocycles. The summed E-state index contributed by atoms with van der Waals surface area (Å²) in [5.74, 6) is 0.682. The van der Waals surface area contributed by atoms with Gasteiger partial charge in [-0.2, -0.15) is 0 Å². The van der Waals surface area contributed by atoms with Gasteiger partial charge in [-0.3, -0.25) is 5.21 Å². The monoisotopic (exact) mass is 223 g/mol. The normalized spacial score (nSPS) is 13.3. The molecule has 16 heavy (non-hydrogen) atoms. The fourth-order valence-electron chi connectivity index (χ4n) is 1.11. The molecule has 4 N–H and O–H groups in total. The van der Waals surface area contributed by atoms with Crippen LogP contribution in [0.3, 0.4) is 0 Å². The lowest BCUT2D eigenvalue weighted by molar-refractivity contribution is 0.217. The highest BCUT2D eigenvalue weighted by Gasteiger charge is 2.01. The number of rotatable bonds is 4. The molecule has 0 bridgehead atoms. The fourth-order valence-corrected chi connectivity index (χ4v) is 1.11. The largest absolute Gasteiger partial charge is 0.491 e. The molecule has 88 valence electrons. The lowest BCUT2D eigenvalue weighted by atomic mass is 10.3. The summed E-state index contributed by atoms with van der Waals surface area (Å²) in [6, 6.07) is 7.21. The van der Waals surface area contributed by atoms with E-state index in [0.29, 0.717) is 5.69 Å². The molecule has 0 saturated heterocycles. The second-order valence-electron chi connectivity index (χ2n) is 3.44. The summed E-state index contributed by atoms with van der Waals surface area (Å²) in [6.07, 6.45) is 1.10. The third-order valence-corrected chi connectivity index (χ3v) is 2.09. The number of guanidine groups is 1. The van der Waals surface area contributed by atoms with Crippen molar-refractivity contribution in [2.75, 3.05) is 0 Å². The number of hydrogen-bond donors (Lipinski definition) is 3. The van der Waals surface area contributed by atoms with Crippen molar-refractivity contribution in [3.05, 3.63) is 24.3 Å². The maximum Gasteiger partial charge on any atom is 0.218 e. The molecule has 0 spiro atoms. The van der Waals surface area contributed by atoms with E-state index < -0.39 is 0 Å². The predicted octanol–water partition coefficient (Wildman–Crippen LogP) is 1.79. The van der Waals surface area contributed by atoms with Gasteiger partial charge in [-0.05, 0) is 25.5 Å². The Morgan fingerprint density at radius 2 is 2.38 bits per heavy atom. The average Bonchev–Trinajstić information content (AvgIpc) is 2.29. The second-order valence-corrected chi connectivity index (χ2v) is 3.44. The molecule has 5 nitrogen and oxygen atoms in total. The first-order valence-electron chi connectivity index (χ1n) is 5.16. The van der Waals surface area contributed by atoms with E-state index in [4.69, 9.17) is 15.7 Å². The van der Waals surface area contributed by atoms with Crippen molar-refractivity contribution in [1.29, 1.82) is 0 Å². The summed E-state index contributed by atoms with van der Waals surface area (Å²) in [7, 11) is 0. The fraction of sp³-hybridized carbons (Fsp3) is 0.364. The summed E-state index contributed by atoms with van der Waals surface area (Å²) >= 11 is 0. The zero-order valence-electron chi connectivity index (χ0n) is 9.47. The Morgan fingerprint density at radius 1 is 1.62 bits per heavy atom. The Kier molecular flexibility index (Phi) is 4.60. The first-order chi connectivity index (χ1) is 7.65. The van der Waals surface area contributed by atoms with Crippen LogP contribution in [-0.4, -0.2) is 17.3 Å². The molecule has 0 amide bonds. The van der Waals surface area contributed by atoms with E-state index in [0.717, 1.165) is 12.2 Å². The topological polar surface area (TPSA) is 79.9 Å². The van der Waals surface area contributed by atoms with Gasteiger partial charge < -0.3 is 10.5 Å². The van der Waals surface area contributed by atoms with Gasteiger partial charge in [-0.1, -0.05) is 13.0 Å². The van der Waals surface area contributed by atoms with E-state index in [1.807, 2.05) is 19.1 Å². The molecular weight excluding hydrogens is 206 g/mol. The number of hydrogen-bond acceptors (Lipinski definition) is 3. The Balaban J connectivity index is 2.79. The van der Waals surface area contributed by atoms with Gasteiger partial charge in [0.05, 0.1) is 11.8 Å². The van der Waals surface area contributed by atoms with Crippen LogP contribution in [0.1, 0.15) is 20.3 Å². The maximum atomic E-state index is 8.51. The molecule has 0 aliphatic carbocycles. The number of hydroxylamine groups is 1. The van der Waals surface area contributed by atoms with E-state index in [2.05, 4.69) is 11.9 Å².